The van der Waals surface area contributed by atoms with Gasteiger partial charge in [-0.1, -0.05) is 29.8 Å². The SMILES string of the molecule is COc1ccc(C(=O)CCCC(=O)NCc2cccc(C)c2)cc1. The van der Waals surface area contributed by atoms with E-state index in [0.717, 1.165) is 11.3 Å². The molecule has 0 aromatic heterocycles. The normalized spacial score (nSPS) is 10.2. The molecule has 0 heterocycles. The summed E-state index contributed by atoms with van der Waals surface area (Å²) in [5.41, 5.74) is 2.90. The van der Waals surface area contributed by atoms with E-state index < -0.39 is 0 Å². The van der Waals surface area contributed by atoms with Crippen molar-refractivity contribution < 1.29 is 14.3 Å². The quantitative estimate of drug-likeness (QED) is 0.753. The maximum absolute atomic E-state index is 12.1. The van der Waals surface area contributed by atoms with Crippen molar-refractivity contribution in [2.75, 3.05) is 7.11 Å². The Hall–Kier alpha value is -2.62. The molecule has 1 amide bonds. The van der Waals surface area contributed by atoms with E-state index in [-0.39, 0.29) is 11.7 Å². The zero-order valence-corrected chi connectivity index (χ0v) is 14.2. The van der Waals surface area contributed by atoms with E-state index >= 15 is 0 Å². The number of ether oxygens (including phenoxy) is 1. The second kappa shape index (κ2) is 8.87. The van der Waals surface area contributed by atoms with Crippen molar-refractivity contribution in [3.63, 3.8) is 0 Å². The Kier molecular flexibility index (Phi) is 6.55. The van der Waals surface area contributed by atoms with Crippen LogP contribution in [0, 0.1) is 6.92 Å². The monoisotopic (exact) mass is 325 g/mol. The van der Waals surface area contributed by atoms with Gasteiger partial charge in [0.2, 0.25) is 5.91 Å². The first-order valence-corrected chi connectivity index (χ1v) is 8.08. The summed E-state index contributed by atoms with van der Waals surface area (Å²) < 4.78 is 5.07. The molecule has 0 radical (unpaired) electrons. The van der Waals surface area contributed by atoms with Gasteiger partial charge >= 0.3 is 0 Å². The number of ketones is 1. The molecule has 0 aliphatic carbocycles. The lowest BCUT2D eigenvalue weighted by atomic mass is 10.1. The molecule has 1 N–H and O–H groups in total. The topological polar surface area (TPSA) is 55.4 Å². The molecule has 2 aromatic rings. The van der Waals surface area contributed by atoms with Crippen LogP contribution in [0.4, 0.5) is 0 Å². The van der Waals surface area contributed by atoms with Crippen LogP contribution in [0.2, 0.25) is 0 Å². The van der Waals surface area contributed by atoms with E-state index in [2.05, 4.69) is 5.32 Å². The van der Waals surface area contributed by atoms with Crippen LogP contribution in [0.25, 0.3) is 0 Å². The highest BCUT2D eigenvalue weighted by Crippen LogP contribution is 2.14. The van der Waals surface area contributed by atoms with Crippen molar-refractivity contribution in [3.8, 4) is 5.75 Å². The fraction of sp³-hybridized carbons (Fsp3) is 0.300. The van der Waals surface area contributed by atoms with Crippen LogP contribution in [-0.2, 0) is 11.3 Å². The first-order valence-electron chi connectivity index (χ1n) is 8.08. The molecule has 0 aliphatic rings. The number of methoxy groups -OCH3 is 1. The molecule has 4 heteroatoms. The summed E-state index contributed by atoms with van der Waals surface area (Å²) in [5.74, 6) is 0.741. The van der Waals surface area contributed by atoms with Gasteiger partial charge in [-0.05, 0) is 43.2 Å². The first kappa shape index (κ1) is 17.7. The lowest BCUT2D eigenvalue weighted by Gasteiger charge is -2.06. The number of rotatable bonds is 8. The summed E-state index contributed by atoms with van der Waals surface area (Å²) in [6, 6.07) is 15.1. The molecule has 0 fully saturated rings. The predicted octanol–water partition coefficient (Wildman–Crippen LogP) is 3.67. The lowest BCUT2D eigenvalue weighted by molar-refractivity contribution is -0.121. The number of amides is 1. The van der Waals surface area contributed by atoms with Crippen molar-refractivity contribution in [3.05, 3.63) is 65.2 Å². The van der Waals surface area contributed by atoms with E-state index in [1.165, 1.54) is 5.56 Å². The number of benzene rings is 2. The predicted molar refractivity (Wildman–Crippen MR) is 94.2 cm³/mol. The van der Waals surface area contributed by atoms with Gasteiger partial charge in [0, 0.05) is 24.9 Å². The molecule has 4 nitrogen and oxygen atoms in total. The molecule has 0 aliphatic heterocycles. The molecule has 2 rings (SSSR count). The minimum absolute atomic E-state index is 0.0287. The van der Waals surface area contributed by atoms with Crippen molar-refractivity contribution in [2.45, 2.75) is 32.7 Å². The Morgan fingerprint density at radius 3 is 2.46 bits per heavy atom. The molecule has 24 heavy (non-hydrogen) atoms. The van der Waals surface area contributed by atoms with Crippen molar-refractivity contribution in [1.82, 2.24) is 5.32 Å². The Morgan fingerprint density at radius 1 is 1.04 bits per heavy atom. The number of hydrogen-bond acceptors (Lipinski definition) is 3. The third-order valence-electron chi connectivity index (χ3n) is 3.79. The fourth-order valence-electron chi connectivity index (χ4n) is 2.44. The van der Waals surface area contributed by atoms with Gasteiger partial charge < -0.3 is 10.1 Å². The highest BCUT2D eigenvalue weighted by molar-refractivity contribution is 5.96. The number of carbonyl (C=O) groups excluding carboxylic acids is 2. The van der Waals surface area contributed by atoms with Gasteiger partial charge in [-0.2, -0.15) is 0 Å². The number of Topliss-reactive ketones (excluding diaryl/α,β-unsaturated/α-hetero) is 1. The van der Waals surface area contributed by atoms with Crippen LogP contribution in [0.5, 0.6) is 5.75 Å². The molecule has 2 aromatic carbocycles. The van der Waals surface area contributed by atoms with Gasteiger partial charge in [-0.15, -0.1) is 0 Å². The zero-order valence-electron chi connectivity index (χ0n) is 14.2. The zero-order chi connectivity index (χ0) is 17.4. The van der Waals surface area contributed by atoms with Gasteiger partial charge in [0.1, 0.15) is 5.75 Å². The van der Waals surface area contributed by atoms with E-state index in [1.807, 2.05) is 31.2 Å². The number of nitrogens with one attached hydrogen (secondary N) is 1. The van der Waals surface area contributed by atoms with Crippen LogP contribution in [0.15, 0.2) is 48.5 Å². The average molecular weight is 325 g/mol. The number of aryl methyl sites for hydroxylation is 1. The number of carbonyl (C=O) groups is 2. The van der Waals surface area contributed by atoms with Crippen LogP contribution < -0.4 is 10.1 Å². The minimum atomic E-state index is -0.0287. The molecular weight excluding hydrogens is 302 g/mol. The summed E-state index contributed by atoms with van der Waals surface area (Å²) in [7, 11) is 1.59. The van der Waals surface area contributed by atoms with Gasteiger partial charge in [0.05, 0.1) is 7.11 Å². The third-order valence-corrected chi connectivity index (χ3v) is 3.79. The Balaban J connectivity index is 1.70. The highest BCUT2D eigenvalue weighted by Gasteiger charge is 2.08. The Bertz CT molecular complexity index is 692. The highest BCUT2D eigenvalue weighted by atomic mass is 16.5. The fourth-order valence-corrected chi connectivity index (χ4v) is 2.44. The van der Waals surface area contributed by atoms with Gasteiger partial charge in [-0.3, -0.25) is 9.59 Å². The standard InChI is InChI=1S/C20H23NO3/c1-15-5-3-6-16(13-15)14-21-20(23)8-4-7-19(22)17-9-11-18(24-2)12-10-17/h3,5-6,9-13H,4,7-8,14H2,1-2H3,(H,21,23). The molecule has 0 spiro atoms. The molecule has 0 atom stereocenters. The third kappa shape index (κ3) is 5.54. The molecule has 0 saturated carbocycles. The minimum Gasteiger partial charge on any atom is -0.497 e. The Morgan fingerprint density at radius 2 is 1.79 bits per heavy atom. The summed E-state index contributed by atoms with van der Waals surface area (Å²) in [4.78, 5) is 23.9. The van der Waals surface area contributed by atoms with E-state index in [9.17, 15) is 9.59 Å². The van der Waals surface area contributed by atoms with Crippen LogP contribution in [0.1, 0.15) is 40.7 Å². The van der Waals surface area contributed by atoms with E-state index in [1.54, 1.807) is 31.4 Å². The largest absolute Gasteiger partial charge is 0.497 e. The van der Waals surface area contributed by atoms with Crippen molar-refractivity contribution >= 4 is 11.7 Å². The summed E-state index contributed by atoms with van der Waals surface area (Å²) in [6.45, 7) is 2.54. The molecule has 0 unspecified atom stereocenters. The molecule has 0 bridgehead atoms. The Labute approximate surface area is 142 Å². The lowest BCUT2D eigenvalue weighted by Crippen LogP contribution is -2.22. The maximum atomic E-state index is 12.1. The molecule has 126 valence electrons. The second-order valence-electron chi connectivity index (χ2n) is 5.77. The second-order valence-corrected chi connectivity index (χ2v) is 5.77. The van der Waals surface area contributed by atoms with Crippen LogP contribution in [-0.4, -0.2) is 18.8 Å². The summed E-state index contributed by atoms with van der Waals surface area (Å²) in [6.07, 6.45) is 1.27. The van der Waals surface area contributed by atoms with Gasteiger partial charge in [-0.25, -0.2) is 0 Å². The average Bonchev–Trinajstić information content (AvgIpc) is 2.60. The summed E-state index contributed by atoms with van der Waals surface area (Å²) in [5, 5.41) is 2.89. The van der Waals surface area contributed by atoms with Crippen molar-refractivity contribution in [1.29, 1.82) is 0 Å². The maximum Gasteiger partial charge on any atom is 0.220 e. The molecule has 0 saturated heterocycles. The number of hydrogen-bond donors (Lipinski definition) is 1. The van der Waals surface area contributed by atoms with E-state index in [0.29, 0.717) is 31.4 Å². The smallest absolute Gasteiger partial charge is 0.220 e. The molecular formula is C20H23NO3. The van der Waals surface area contributed by atoms with E-state index in [4.69, 9.17) is 4.74 Å². The van der Waals surface area contributed by atoms with Crippen LogP contribution >= 0.6 is 0 Å². The van der Waals surface area contributed by atoms with Gasteiger partial charge in [0.25, 0.3) is 0 Å². The summed E-state index contributed by atoms with van der Waals surface area (Å²) >= 11 is 0. The van der Waals surface area contributed by atoms with Gasteiger partial charge in [0.15, 0.2) is 5.78 Å². The van der Waals surface area contributed by atoms with Crippen molar-refractivity contribution in [2.24, 2.45) is 0 Å². The first-order chi connectivity index (χ1) is 11.6. The van der Waals surface area contributed by atoms with Crippen LogP contribution in [0.3, 0.4) is 0 Å².